The highest BCUT2D eigenvalue weighted by molar-refractivity contribution is 7.86. The van der Waals surface area contributed by atoms with Crippen LogP contribution < -0.4 is 10.6 Å². The molecule has 0 unspecified atom stereocenters. The third-order valence-electron chi connectivity index (χ3n) is 9.58. The average Bonchev–Trinajstić information content (AvgIpc) is 3.87. The van der Waals surface area contributed by atoms with Crippen LogP contribution in [-0.4, -0.2) is 69.7 Å². The van der Waals surface area contributed by atoms with E-state index in [0.29, 0.717) is 14.8 Å². The van der Waals surface area contributed by atoms with E-state index in [4.69, 9.17) is 11.6 Å². The molecule has 6 N–H and O–H groups in total. The molecule has 0 spiro atoms. The number of halogens is 1. The molecule has 0 bridgehead atoms. The van der Waals surface area contributed by atoms with Crippen LogP contribution in [0.25, 0.3) is 41.7 Å². The van der Waals surface area contributed by atoms with Crippen LogP contribution in [0, 0.1) is 20.2 Å². The standard InChI is InChI=1S/C37H20ClN13O12S4/c38-35-41-36(39-17-4-7-20-16(10-17)12-27(67(61,62)63)29(31(20)52)44-47-34-22-13-18(50(54)55)6-9-24(22)64-49-34)43-37(42-35)40-23-3-1-2-15-11-26(66(58,59)60)30(32(53)28(15)23)45-46-33-21-8-5-19(51(56)57)14-25(21)65-48-33/h1-14,52-53H,(H,58,59,60)(H,61,62,63)(H2,39,40,41,42,43). The van der Waals surface area contributed by atoms with Crippen molar-refractivity contribution in [1.29, 1.82) is 0 Å². The van der Waals surface area contributed by atoms with Gasteiger partial charge < -0.3 is 20.8 Å². The third-order valence-corrected chi connectivity index (χ3v) is 13.1. The second kappa shape index (κ2) is 16.7. The summed E-state index contributed by atoms with van der Waals surface area (Å²) in [6.07, 6.45) is 0. The van der Waals surface area contributed by atoms with Crippen LogP contribution in [0.2, 0.25) is 5.28 Å². The molecule has 0 saturated carbocycles. The predicted molar refractivity (Wildman–Crippen MR) is 243 cm³/mol. The number of nitro benzene ring substituents is 2. The Labute approximate surface area is 384 Å². The first-order chi connectivity index (χ1) is 31.8. The Balaban J connectivity index is 1.03. The fraction of sp³-hybridized carbons (Fsp3) is 0. The van der Waals surface area contributed by atoms with Gasteiger partial charge in [0.05, 0.1) is 24.9 Å². The molecule has 336 valence electrons. The molecule has 0 aliphatic heterocycles. The number of anilines is 4. The minimum Gasteiger partial charge on any atom is -0.505 e. The van der Waals surface area contributed by atoms with Crippen molar-refractivity contribution < 1.29 is 46.0 Å². The zero-order chi connectivity index (χ0) is 47.5. The normalized spacial score (nSPS) is 12.3. The van der Waals surface area contributed by atoms with Gasteiger partial charge in [-0.05, 0) is 94.0 Å². The maximum atomic E-state index is 12.6. The van der Waals surface area contributed by atoms with Crippen molar-refractivity contribution in [2.75, 3.05) is 10.6 Å². The maximum absolute atomic E-state index is 12.6. The number of nitrogens with zero attached hydrogens (tertiary/aromatic N) is 11. The van der Waals surface area contributed by atoms with E-state index in [0.717, 1.165) is 35.2 Å². The summed E-state index contributed by atoms with van der Waals surface area (Å²) in [4.78, 5) is 32.2. The molecule has 0 saturated heterocycles. The Bertz CT molecular complexity index is 3910. The van der Waals surface area contributed by atoms with E-state index in [9.17, 15) is 56.4 Å². The summed E-state index contributed by atoms with van der Waals surface area (Å²) >= 11 is 8.09. The summed E-state index contributed by atoms with van der Waals surface area (Å²) in [6, 6.07) is 18.4. The number of aromatic nitrogens is 5. The molecule has 25 nitrogen and oxygen atoms in total. The average molecular weight is 1000 g/mol. The second-order valence-corrected chi connectivity index (χ2v) is 18.5. The molecule has 30 heteroatoms. The lowest BCUT2D eigenvalue weighted by Crippen LogP contribution is -2.05. The number of fused-ring (bicyclic) bond motifs is 4. The number of aromatic hydroxyl groups is 2. The van der Waals surface area contributed by atoms with E-state index in [2.05, 4.69) is 54.8 Å². The van der Waals surface area contributed by atoms with Crippen LogP contribution in [0.15, 0.2) is 115 Å². The van der Waals surface area contributed by atoms with E-state index in [1.54, 1.807) is 0 Å². The molecule has 67 heavy (non-hydrogen) atoms. The molecule has 9 rings (SSSR count). The van der Waals surface area contributed by atoms with Gasteiger partial charge in [0.25, 0.3) is 31.6 Å². The van der Waals surface area contributed by atoms with Crippen molar-refractivity contribution in [3.63, 3.8) is 0 Å². The Morgan fingerprint density at radius 1 is 0.612 bits per heavy atom. The molecular formula is C37H20ClN13O12S4. The number of hydrogen-bond donors (Lipinski definition) is 6. The van der Waals surface area contributed by atoms with Gasteiger partial charge in [-0.25, -0.2) is 0 Å². The van der Waals surface area contributed by atoms with Crippen LogP contribution in [0.3, 0.4) is 0 Å². The van der Waals surface area contributed by atoms with Crippen molar-refractivity contribution >= 4 is 154 Å². The van der Waals surface area contributed by atoms with Gasteiger partial charge in [0, 0.05) is 51.5 Å². The first-order valence-corrected chi connectivity index (χ1v) is 23.0. The van der Waals surface area contributed by atoms with E-state index in [-0.39, 0.29) is 78.5 Å². The Morgan fingerprint density at radius 2 is 1.19 bits per heavy atom. The lowest BCUT2D eigenvalue weighted by atomic mass is 10.1. The van der Waals surface area contributed by atoms with Gasteiger partial charge >= 0.3 is 0 Å². The lowest BCUT2D eigenvalue weighted by Gasteiger charge is -2.14. The van der Waals surface area contributed by atoms with E-state index in [1.807, 2.05) is 0 Å². The fourth-order valence-electron chi connectivity index (χ4n) is 6.62. The second-order valence-electron chi connectivity index (χ2n) is 13.7. The van der Waals surface area contributed by atoms with Gasteiger partial charge in [-0.1, -0.05) is 12.1 Å². The molecule has 3 heterocycles. The molecular weight excluding hydrogens is 982 g/mol. The highest BCUT2D eigenvalue weighted by Crippen LogP contribution is 2.46. The number of azo groups is 2. The summed E-state index contributed by atoms with van der Waals surface area (Å²) in [5, 5.41) is 67.3. The number of nitrogens with one attached hydrogen (secondary N) is 2. The number of phenolic OH excluding ortho intramolecular Hbond substituents is 2. The summed E-state index contributed by atoms with van der Waals surface area (Å²) in [5.41, 5.74) is -1.51. The Hall–Kier alpha value is -8.06. The first kappa shape index (κ1) is 44.2. The highest BCUT2D eigenvalue weighted by Gasteiger charge is 2.26. The quantitative estimate of drug-likeness (QED) is 0.0287. The zero-order valence-electron chi connectivity index (χ0n) is 32.6. The summed E-state index contributed by atoms with van der Waals surface area (Å²) < 4.78 is 79.7. The Kier molecular flexibility index (Phi) is 11.0. The topological polar surface area (TPSA) is 373 Å². The minimum absolute atomic E-state index is 0.0413. The molecule has 0 atom stereocenters. The molecule has 0 aliphatic rings. The molecule has 0 aliphatic carbocycles. The molecule has 0 radical (unpaired) electrons. The summed E-state index contributed by atoms with van der Waals surface area (Å²) in [7, 11) is -10.1. The molecule has 0 amide bonds. The van der Waals surface area contributed by atoms with Gasteiger partial charge in [0.15, 0.2) is 23.1 Å². The van der Waals surface area contributed by atoms with Crippen molar-refractivity contribution in [2.45, 2.75) is 9.79 Å². The lowest BCUT2D eigenvalue weighted by molar-refractivity contribution is -0.384. The minimum atomic E-state index is -5.06. The van der Waals surface area contributed by atoms with Gasteiger partial charge in [0.1, 0.15) is 21.2 Å². The van der Waals surface area contributed by atoms with Gasteiger partial charge in [-0.15, -0.1) is 20.5 Å². The van der Waals surface area contributed by atoms with Crippen molar-refractivity contribution in [2.24, 2.45) is 20.5 Å². The molecule has 3 aromatic heterocycles. The molecule has 6 aromatic carbocycles. The first-order valence-electron chi connectivity index (χ1n) is 18.2. The monoisotopic (exact) mass is 1000 g/mol. The number of rotatable bonds is 12. The summed E-state index contributed by atoms with van der Waals surface area (Å²) in [6.45, 7) is 0. The van der Waals surface area contributed by atoms with E-state index >= 15 is 0 Å². The van der Waals surface area contributed by atoms with Crippen LogP contribution >= 0.6 is 34.7 Å². The van der Waals surface area contributed by atoms with Crippen LogP contribution in [0.1, 0.15) is 0 Å². The largest absolute Gasteiger partial charge is 0.505 e. The van der Waals surface area contributed by atoms with Gasteiger partial charge in [0.2, 0.25) is 17.2 Å². The molecule has 9 aromatic rings. The summed E-state index contributed by atoms with van der Waals surface area (Å²) in [5.74, 6) is -2.03. The smallest absolute Gasteiger partial charge is 0.296 e. The highest BCUT2D eigenvalue weighted by atomic mass is 35.5. The van der Waals surface area contributed by atoms with Gasteiger partial charge in [-0.3, -0.25) is 29.3 Å². The number of phenols is 2. The number of nitro groups is 2. The fourth-order valence-corrected chi connectivity index (χ4v) is 9.55. The van der Waals surface area contributed by atoms with Crippen molar-refractivity contribution in [1.82, 2.24) is 23.7 Å². The molecule has 0 fully saturated rings. The number of non-ortho nitro benzene ring substituents is 2. The van der Waals surface area contributed by atoms with Gasteiger partial charge in [-0.2, -0.15) is 40.5 Å². The predicted octanol–water partition coefficient (Wildman–Crippen LogP) is 10.1. The number of hydrogen-bond acceptors (Lipinski definition) is 23. The third kappa shape index (κ3) is 8.63. The van der Waals surface area contributed by atoms with Crippen LogP contribution in [0.5, 0.6) is 11.5 Å². The number of benzene rings is 6. The van der Waals surface area contributed by atoms with Crippen molar-refractivity contribution in [3.05, 3.63) is 110 Å². The van der Waals surface area contributed by atoms with Crippen LogP contribution in [0.4, 0.5) is 57.7 Å². The van der Waals surface area contributed by atoms with E-state index in [1.165, 1.54) is 72.8 Å². The van der Waals surface area contributed by atoms with Crippen molar-refractivity contribution in [3.8, 4) is 11.5 Å². The van der Waals surface area contributed by atoms with E-state index < -0.39 is 62.7 Å². The van der Waals surface area contributed by atoms with Crippen LogP contribution in [-0.2, 0) is 20.2 Å². The zero-order valence-corrected chi connectivity index (χ0v) is 36.6. The maximum Gasteiger partial charge on any atom is 0.296 e. The Morgan fingerprint density at radius 3 is 1.87 bits per heavy atom. The SMILES string of the molecule is O=[N+]([O-])c1ccc2c(N=Nc3c(S(=O)(=O)O)cc4cccc(Nc5nc(Cl)nc(Nc6ccc7c(O)c(N=Nc8nsc9ccc([N+](=O)[O-])cc89)c(S(=O)(=O)O)cc7c6)n5)c4c3O)nsc2c1.